The molecule has 7 heteroatoms. The van der Waals surface area contributed by atoms with Crippen LogP contribution in [0.2, 0.25) is 0 Å². The Hall–Kier alpha value is -2.28. The van der Waals surface area contributed by atoms with Crippen LogP contribution in [0.15, 0.2) is 18.3 Å². The molecule has 2 rings (SSSR count). The largest absolute Gasteiger partial charge is 0.476 e. The molecule has 0 saturated heterocycles. The van der Waals surface area contributed by atoms with E-state index >= 15 is 0 Å². The lowest BCUT2D eigenvalue weighted by atomic mass is 10.1. The van der Waals surface area contributed by atoms with Gasteiger partial charge in [0.25, 0.3) is 0 Å². The molecule has 0 unspecified atom stereocenters. The Kier molecular flexibility index (Phi) is 4.32. The highest BCUT2D eigenvalue weighted by Crippen LogP contribution is 2.22. The fourth-order valence-corrected chi connectivity index (χ4v) is 2.01. The Morgan fingerprint density at radius 1 is 1.38 bits per heavy atom. The second kappa shape index (κ2) is 6.01. The molecule has 0 spiro atoms. The standard InChI is InChI=1S/C14H14F2N2O3/c1-8-4-5-10(15)13(11(8)16)18-7-9(3-2-6-19)12(17-18)14(20)21/h4-5,7,19H,2-3,6H2,1H3,(H,20,21). The molecular formula is C14H14F2N2O3. The molecule has 1 aromatic carbocycles. The Balaban J connectivity index is 2.55. The van der Waals surface area contributed by atoms with Gasteiger partial charge in [-0.1, -0.05) is 6.07 Å². The monoisotopic (exact) mass is 296 g/mol. The van der Waals surface area contributed by atoms with Crippen LogP contribution in [0.25, 0.3) is 5.69 Å². The summed E-state index contributed by atoms with van der Waals surface area (Å²) in [6, 6.07) is 2.39. The van der Waals surface area contributed by atoms with Crippen molar-refractivity contribution in [2.45, 2.75) is 19.8 Å². The number of halogens is 2. The van der Waals surface area contributed by atoms with E-state index in [1.54, 1.807) is 0 Å². The van der Waals surface area contributed by atoms with E-state index in [2.05, 4.69) is 5.10 Å². The summed E-state index contributed by atoms with van der Waals surface area (Å²) in [5.41, 5.74) is -0.135. The van der Waals surface area contributed by atoms with Gasteiger partial charge in [0, 0.05) is 18.4 Å². The molecule has 0 bridgehead atoms. The third kappa shape index (κ3) is 2.92. The summed E-state index contributed by atoms with van der Waals surface area (Å²) in [6.45, 7) is 1.37. The van der Waals surface area contributed by atoms with Crippen molar-refractivity contribution >= 4 is 5.97 Å². The molecule has 2 aromatic rings. The highest BCUT2D eigenvalue weighted by molar-refractivity contribution is 5.87. The minimum absolute atomic E-state index is 0.114. The summed E-state index contributed by atoms with van der Waals surface area (Å²) in [4.78, 5) is 11.1. The second-order valence-corrected chi connectivity index (χ2v) is 4.61. The fourth-order valence-electron chi connectivity index (χ4n) is 2.01. The number of carboxylic acid groups (broad SMARTS) is 1. The average Bonchev–Trinajstić information content (AvgIpc) is 2.85. The second-order valence-electron chi connectivity index (χ2n) is 4.61. The van der Waals surface area contributed by atoms with E-state index in [9.17, 15) is 13.6 Å². The van der Waals surface area contributed by atoms with Gasteiger partial charge < -0.3 is 10.2 Å². The van der Waals surface area contributed by atoms with Crippen LogP contribution in [0.3, 0.4) is 0 Å². The van der Waals surface area contributed by atoms with Gasteiger partial charge in [-0.2, -0.15) is 5.10 Å². The lowest BCUT2D eigenvalue weighted by molar-refractivity contribution is 0.0688. The van der Waals surface area contributed by atoms with E-state index in [4.69, 9.17) is 10.2 Å². The van der Waals surface area contributed by atoms with E-state index in [1.165, 1.54) is 19.2 Å². The maximum absolute atomic E-state index is 14.1. The molecule has 0 aliphatic heterocycles. The van der Waals surface area contributed by atoms with E-state index < -0.39 is 23.3 Å². The lowest BCUT2D eigenvalue weighted by Gasteiger charge is -2.06. The molecule has 21 heavy (non-hydrogen) atoms. The normalized spacial score (nSPS) is 10.9. The van der Waals surface area contributed by atoms with Gasteiger partial charge >= 0.3 is 5.97 Å². The van der Waals surface area contributed by atoms with E-state index in [0.29, 0.717) is 12.0 Å². The number of benzene rings is 1. The Labute approximate surface area is 119 Å². The van der Waals surface area contributed by atoms with Crippen LogP contribution >= 0.6 is 0 Å². The highest BCUT2D eigenvalue weighted by atomic mass is 19.1. The molecular weight excluding hydrogens is 282 g/mol. The number of hydrogen-bond donors (Lipinski definition) is 2. The molecule has 5 nitrogen and oxygen atoms in total. The van der Waals surface area contributed by atoms with Crippen LogP contribution < -0.4 is 0 Å². The van der Waals surface area contributed by atoms with Crippen molar-refractivity contribution in [3.63, 3.8) is 0 Å². The zero-order valence-electron chi connectivity index (χ0n) is 11.3. The van der Waals surface area contributed by atoms with E-state index in [0.717, 1.165) is 10.7 Å². The summed E-state index contributed by atoms with van der Waals surface area (Å²) < 4.78 is 28.8. The number of rotatable bonds is 5. The molecule has 0 amide bonds. The molecule has 1 aromatic heterocycles. The zero-order valence-corrected chi connectivity index (χ0v) is 11.3. The number of aliphatic hydroxyl groups is 1. The van der Waals surface area contributed by atoms with Gasteiger partial charge in [0.2, 0.25) is 0 Å². The first-order valence-electron chi connectivity index (χ1n) is 6.33. The minimum Gasteiger partial charge on any atom is -0.476 e. The number of nitrogens with zero attached hydrogens (tertiary/aromatic N) is 2. The quantitative estimate of drug-likeness (QED) is 0.886. The Bertz CT molecular complexity index is 683. The molecule has 112 valence electrons. The van der Waals surface area contributed by atoms with Gasteiger partial charge in [0.05, 0.1) is 0 Å². The molecule has 1 heterocycles. The summed E-state index contributed by atoms with van der Waals surface area (Å²) >= 11 is 0. The van der Waals surface area contributed by atoms with Crippen LogP contribution in [0.4, 0.5) is 8.78 Å². The van der Waals surface area contributed by atoms with Gasteiger partial charge in [-0.05, 0) is 31.4 Å². The fraction of sp³-hybridized carbons (Fsp3) is 0.286. The van der Waals surface area contributed by atoms with Crippen molar-refractivity contribution in [3.8, 4) is 5.69 Å². The molecule has 0 atom stereocenters. The molecule has 0 aliphatic rings. The maximum atomic E-state index is 14.1. The first kappa shape index (κ1) is 15.1. The summed E-state index contributed by atoms with van der Waals surface area (Å²) in [5.74, 6) is -2.90. The van der Waals surface area contributed by atoms with Crippen LogP contribution in [-0.4, -0.2) is 32.6 Å². The first-order chi connectivity index (χ1) is 9.95. The number of aromatic carboxylic acids is 1. The van der Waals surface area contributed by atoms with Crippen molar-refractivity contribution in [3.05, 3.63) is 46.8 Å². The van der Waals surface area contributed by atoms with Gasteiger partial charge in [-0.15, -0.1) is 0 Å². The molecule has 0 radical (unpaired) electrons. The minimum atomic E-state index is -1.28. The highest BCUT2D eigenvalue weighted by Gasteiger charge is 2.20. The van der Waals surface area contributed by atoms with Gasteiger partial charge in [-0.3, -0.25) is 0 Å². The summed E-state index contributed by atoms with van der Waals surface area (Å²) in [7, 11) is 0. The van der Waals surface area contributed by atoms with Crippen molar-refractivity contribution in [2.24, 2.45) is 0 Å². The van der Waals surface area contributed by atoms with Crippen LogP contribution in [0, 0.1) is 18.6 Å². The topological polar surface area (TPSA) is 75.4 Å². The third-order valence-corrected chi connectivity index (χ3v) is 3.09. The lowest BCUT2D eigenvalue weighted by Crippen LogP contribution is -2.06. The van der Waals surface area contributed by atoms with E-state index in [1.807, 2.05) is 0 Å². The number of carboxylic acids is 1. The van der Waals surface area contributed by atoms with Crippen LogP contribution in [-0.2, 0) is 6.42 Å². The number of hydrogen-bond acceptors (Lipinski definition) is 3. The van der Waals surface area contributed by atoms with Gasteiger partial charge in [0.1, 0.15) is 5.69 Å². The maximum Gasteiger partial charge on any atom is 0.356 e. The van der Waals surface area contributed by atoms with Crippen molar-refractivity contribution in [1.29, 1.82) is 0 Å². The number of aryl methyl sites for hydroxylation is 2. The number of aliphatic hydroxyl groups excluding tert-OH is 1. The molecule has 0 aliphatic carbocycles. The number of carbonyl (C=O) groups is 1. The van der Waals surface area contributed by atoms with Crippen LogP contribution in [0.5, 0.6) is 0 Å². The zero-order chi connectivity index (χ0) is 15.6. The van der Waals surface area contributed by atoms with E-state index in [-0.39, 0.29) is 24.3 Å². The third-order valence-electron chi connectivity index (χ3n) is 3.09. The van der Waals surface area contributed by atoms with Crippen molar-refractivity contribution in [1.82, 2.24) is 9.78 Å². The average molecular weight is 296 g/mol. The van der Waals surface area contributed by atoms with Crippen molar-refractivity contribution in [2.75, 3.05) is 6.61 Å². The first-order valence-corrected chi connectivity index (χ1v) is 6.33. The predicted octanol–water partition coefficient (Wildman–Crippen LogP) is 2.08. The molecule has 0 fully saturated rings. The van der Waals surface area contributed by atoms with Crippen molar-refractivity contribution < 1.29 is 23.8 Å². The Morgan fingerprint density at radius 3 is 2.71 bits per heavy atom. The predicted molar refractivity (Wildman–Crippen MR) is 70.6 cm³/mol. The SMILES string of the molecule is Cc1ccc(F)c(-n2cc(CCCO)c(C(=O)O)n2)c1F. The molecule has 0 saturated carbocycles. The van der Waals surface area contributed by atoms with Crippen LogP contribution in [0.1, 0.15) is 28.0 Å². The van der Waals surface area contributed by atoms with Gasteiger partial charge in [0.15, 0.2) is 17.3 Å². The van der Waals surface area contributed by atoms with Gasteiger partial charge in [-0.25, -0.2) is 18.3 Å². The molecule has 2 N–H and O–H groups in total. The summed E-state index contributed by atoms with van der Waals surface area (Å²) in [5, 5.41) is 21.7. The smallest absolute Gasteiger partial charge is 0.356 e. The summed E-state index contributed by atoms with van der Waals surface area (Å²) in [6.07, 6.45) is 1.87. The Morgan fingerprint density at radius 2 is 2.10 bits per heavy atom. The number of aromatic nitrogens is 2.